The van der Waals surface area contributed by atoms with Gasteiger partial charge in [0, 0.05) is 13.1 Å². The first-order valence-electron chi connectivity index (χ1n) is 6.71. The average Bonchev–Trinajstić information content (AvgIpc) is 2.36. The van der Waals surface area contributed by atoms with Gasteiger partial charge in [-0.1, -0.05) is 0 Å². The van der Waals surface area contributed by atoms with Gasteiger partial charge in [-0.25, -0.2) is 13.6 Å². The van der Waals surface area contributed by atoms with Crippen LogP contribution in [0.4, 0.5) is 11.4 Å². The van der Waals surface area contributed by atoms with Gasteiger partial charge in [-0.05, 0) is 50.6 Å². The van der Waals surface area contributed by atoms with Crippen LogP contribution in [-0.2, 0) is 10.0 Å². The molecule has 6 nitrogen and oxygen atoms in total. The Morgan fingerprint density at radius 3 is 2.85 bits per heavy atom. The van der Waals surface area contributed by atoms with Crippen LogP contribution < -0.4 is 16.2 Å². The van der Waals surface area contributed by atoms with Crippen LogP contribution in [0.25, 0.3) is 0 Å². The zero-order chi connectivity index (χ0) is 14.8. The number of hydrogen-bond donors (Lipinski definition) is 3. The van der Waals surface area contributed by atoms with E-state index in [0.29, 0.717) is 17.3 Å². The lowest BCUT2D eigenvalue weighted by molar-refractivity contribution is 0.217. The van der Waals surface area contributed by atoms with Crippen molar-refractivity contribution in [1.29, 1.82) is 0 Å². The molecular formula is C13H22N4O2S. The normalized spacial score (nSPS) is 20.8. The van der Waals surface area contributed by atoms with Crippen LogP contribution in [0.2, 0.25) is 0 Å². The highest BCUT2D eigenvalue weighted by Gasteiger charge is 2.17. The molecule has 1 heterocycles. The van der Waals surface area contributed by atoms with Gasteiger partial charge in [-0.15, -0.1) is 0 Å². The lowest BCUT2D eigenvalue weighted by Crippen LogP contribution is -2.35. The van der Waals surface area contributed by atoms with Crippen molar-refractivity contribution < 1.29 is 8.42 Å². The number of likely N-dealkylation sites (tertiary alicyclic amines) is 1. The van der Waals surface area contributed by atoms with Gasteiger partial charge >= 0.3 is 0 Å². The summed E-state index contributed by atoms with van der Waals surface area (Å²) in [6.07, 6.45) is 2.36. The van der Waals surface area contributed by atoms with Crippen LogP contribution in [0.3, 0.4) is 0 Å². The largest absolute Gasteiger partial charge is 0.397 e. The molecule has 112 valence electrons. The number of benzene rings is 1. The predicted molar refractivity (Wildman–Crippen MR) is 80.9 cm³/mol. The van der Waals surface area contributed by atoms with Crippen molar-refractivity contribution in [3.05, 3.63) is 18.2 Å². The van der Waals surface area contributed by atoms with Gasteiger partial charge in [0.05, 0.1) is 16.3 Å². The number of nitrogens with one attached hydrogen (secondary N) is 1. The Labute approximate surface area is 120 Å². The summed E-state index contributed by atoms with van der Waals surface area (Å²) in [5.74, 6) is 0.547. The van der Waals surface area contributed by atoms with Crippen LogP contribution in [0.5, 0.6) is 0 Å². The van der Waals surface area contributed by atoms with E-state index in [0.717, 1.165) is 19.6 Å². The molecule has 1 unspecified atom stereocenters. The molecule has 0 bridgehead atoms. The number of nitrogens with two attached hydrogens (primary N) is 2. The summed E-state index contributed by atoms with van der Waals surface area (Å²) >= 11 is 0. The number of sulfonamides is 1. The van der Waals surface area contributed by atoms with Crippen molar-refractivity contribution in [3.8, 4) is 0 Å². The fourth-order valence-electron chi connectivity index (χ4n) is 2.56. The van der Waals surface area contributed by atoms with Gasteiger partial charge in [0.1, 0.15) is 0 Å². The number of primary sulfonamides is 1. The minimum absolute atomic E-state index is 0.0787. The van der Waals surface area contributed by atoms with E-state index in [-0.39, 0.29) is 4.90 Å². The summed E-state index contributed by atoms with van der Waals surface area (Å²) in [6, 6.07) is 4.48. The Balaban J connectivity index is 2.05. The molecule has 5 N–H and O–H groups in total. The van der Waals surface area contributed by atoms with E-state index in [4.69, 9.17) is 10.9 Å². The zero-order valence-corrected chi connectivity index (χ0v) is 12.5. The molecule has 1 aliphatic heterocycles. The van der Waals surface area contributed by atoms with Crippen LogP contribution in [-0.4, -0.2) is 40.0 Å². The second kappa shape index (κ2) is 5.99. The first-order valence-corrected chi connectivity index (χ1v) is 8.25. The van der Waals surface area contributed by atoms with Crippen LogP contribution in [0.15, 0.2) is 23.1 Å². The number of piperidine rings is 1. The van der Waals surface area contributed by atoms with Crippen molar-refractivity contribution in [2.24, 2.45) is 11.1 Å². The van der Waals surface area contributed by atoms with E-state index < -0.39 is 10.0 Å². The summed E-state index contributed by atoms with van der Waals surface area (Å²) in [4.78, 5) is 2.38. The summed E-state index contributed by atoms with van der Waals surface area (Å²) in [5, 5.41) is 8.37. The number of anilines is 2. The topological polar surface area (TPSA) is 101 Å². The molecule has 1 saturated heterocycles. The van der Waals surface area contributed by atoms with Crippen molar-refractivity contribution in [2.45, 2.75) is 17.7 Å². The highest BCUT2D eigenvalue weighted by Crippen LogP contribution is 2.23. The third kappa shape index (κ3) is 3.84. The molecule has 20 heavy (non-hydrogen) atoms. The third-order valence-electron chi connectivity index (χ3n) is 3.66. The maximum atomic E-state index is 11.3. The molecule has 0 radical (unpaired) electrons. The van der Waals surface area contributed by atoms with E-state index >= 15 is 0 Å². The molecule has 0 amide bonds. The van der Waals surface area contributed by atoms with E-state index in [9.17, 15) is 8.42 Å². The predicted octanol–water partition coefficient (Wildman–Crippen LogP) is 0.670. The van der Waals surface area contributed by atoms with Crippen molar-refractivity contribution >= 4 is 21.4 Å². The van der Waals surface area contributed by atoms with Gasteiger partial charge in [0.25, 0.3) is 0 Å². The van der Waals surface area contributed by atoms with Crippen LogP contribution >= 0.6 is 0 Å². The lowest BCUT2D eigenvalue weighted by Gasteiger charge is -2.30. The molecular weight excluding hydrogens is 276 g/mol. The fraction of sp³-hybridized carbons (Fsp3) is 0.538. The Morgan fingerprint density at radius 1 is 1.45 bits per heavy atom. The maximum absolute atomic E-state index is 11.3. The summed E-state index contributed by atoms with van der Waals surface area (Å²) in [5.41, 5.74) is 7.03. The number of nitrogen functional groups attached to an aromatic ring is 1. The van der Waals surface area contributed by atoms with Gasteiger partial charge in [0.15, 0.2) is 0 Å². The van der Waals surface area contributed by atoms with Crippen molar-refractivity contribution in [1.82, 2.24) is 4.90 Å². The molecule has 1 aromatic rings. The average molecular weight is 298 g/mol. The molecule has 0 aromatic heterocycles. The van der Waals surface area contributed by atoms with E-state index in [1.54, 1.807) is 6.07 Å². The Kier molecular flexibility index (Phi) is 4.52. The first-order chi connectivity index (χ1) is 9.36. The molecule has 7 heteroatoms. The van der Waals surface area contributed by atoms with E-state index in [1.165, 1.54) is 25.0 Å². The molecule has 2 rings (SSSR count). The second-order valence-electron chi connectivity index (χ2n) is 5.45. The number of nitrogens with zero attached hydrogens (tertiary/aromatic N) is 1. The van der Waals surface area contributed by atoms with Gasteiger partial charge in [0.2, 0.25) is 10.0 Å². The molecule has 0 aliphatic carbocycles. The van der Waals surface area contributed by atoms with Crippen LogP contribution in [0, 0.1) is 5.92 Å². The molecule has 1 aromatic carbocycles. The standard InChI is InChI=1S/C13H22N4O2S/c1-17-6-2-3-10(9-17)8-16-13-7-11(20(15,18)19)4-5-12(13)14/h4-5,7,10,16H,2-3,6,8-9,14H2,1H3,(H2,15,18,19). The summed E-state index contributed by atoms with van der Waals surface area (Å²) in [6.45, 7) is 2.96. The Bertz CT molecular complexity index is 574. The Hall–Kier alpha value is -1.31. The Morgan fingerprint density at radius 2 is 2.20 bits per heavy atom. The minimum atomic E-state index is -3.70. The van der Waals surface area contributed by atoms with Gasteiger partial charge < -0.3 is 16.0 Å². The second-order valence-corrected chi connectivity index (χ2v) is 7.01. The van der Waals surface area contributed by atoms with Crippen LogP contribution in [0.1, 0.15) is 12.8 Å². The first kappa shape index (κ1) is 15.1. The number of hydrogen-bond acceptors (Lipinski definition) is 5. The molecule has 1 aliphatic rings. The SMILES string of the molecule is CN1CCCC(CNc2cc(S(N)(=O)=O)ccc2N)C1. The zero-order valence-electron chi connectivity index (χ0n) is 11.7. The molecule has 0 saturated carbocycles. The highest BCUT2D eigenvalue weighted by molar-refractivity contribution is 7.89. The fourth-order valence-corrected chi connectivity index (χ4v) is 3.10. The van der Waals surface area contributed by atoms with Gasteiger partial charge in [-0.3, -0.25) is 0 Å². The van der Waals surface area contributed by atoms with E-state index in [1.807, 2.05) is 0 Å². The van der Waals surface area contributed by atoms with Crippen molar-refractivity contribution in [3.63, 3.8) is 0 Å². The maximum Gasteiger partial charge on any atom is 0.238 e. The lowest BCUT2D eigenvalue weighted by atomic mass is 9.98. The van der Waals surface area contributed by atoms with E-state index in [2.05, 4.69) is 17.3 Å². The minimum Gasteiger partial charge on any atom is -0.397 e. The molecule has 1 atom stereocenters. The molecule has 1 fully saturated rings. The summed E-state index contributed by atoms with van der Waals surface area (Å²) < 4.78 is 22.7. The number of rotatable bonds is 4. The summed E-state index contributed by atoms with van der Waals surface area (Å²) in [7, 11) is -1.58. The van der Waals surface area contributed by atoms with Crippen molar-refractivity contribution in [2.75, 3.05) is 37.7 Å². The van der Waals surface area contributed by atoms with Gasteiger partial charge in [-0.2, -0.15) is 0 Å². The monoisotopic (exact) mass is 298 g/mol. The molecule has 0 spiro atoms. The smallest absolute Gasteiger partial charge is 0.238 e. The third-order valence-corrected chi connectivity index (χ3v) is 4.57. The quantitative estimate of drug-likeness (QED) is 0.709. The highest BCUT2D eigenvalue weighted by atomic mass is 32.2.